The maximum absolute atomic E-state index is 12.0. The third kappa shape index (κ3) is 7.72. The number of rotatable bonds is 0. The minimum atomic E-state index is -5.15. The zero-order chi connectivity index (χ0) is 15.5. The van der Waals surface area contributed by atoms with Crippen LogP contribution in [0.1, 0.15) is 11.4 Å². The maximum Gasteiger partial charge on any atom is 0.466 e. The van der Waals surface area contributed by atoms with E-state index in [0.717, 1.165) is 0 Å². The summed E-state index contributed by atoms with van der Waals surface area (Å²) in [4.78, 5) is 26.8. The van der Waals surface area contributed by atoms with Crippen molar-refractivity contribution in [3.63, 3.8) is 0 Å². The van der Waals surface area contributed by atoms with Gasteiger partial charge in [0, 0.05) is 12.4 Å². The molecule has 6 nitrogen and oxygen atoms in total. The number of halogens is 6. The Balaban J connectivity index is 0.000000555. The van der Waals surface area contributed by atoms with Crippen LogP contribution < -0.4 is 0 Å². The van der Waals surface area contributed by atoms with Gasteiger partial charge in [0.2, 0.25) is 0 Å². The van der Waals surface area contributed by atoms with Crippen LogP contribution in [0.15, 0.2) is 12.4 Å². The van der Waals surface area contributed by atoms with Crippen LogP contribution in [0.2, 0.25) is 0 Å². The van der Waals surface area contributed by atoms with Crippen molar-refractivity contribution < 1.29 is 45.6 Å². The minimum Gasteiger partial charge on any atom is -0.303 e. The van der Waals surface area contributed by atoms with Gasteiger partial charge in [0.15, 0.2) is 11.4 Å². The second-order valence-electron chi connectivity index (χ2n) is 2.76. The largest absolute Gasteiger partial charge is 0.466 e. The van der Waals surface area contributed by atoms with Crippen molar-refractivity contribution in [3.8, 4) is 0 Å². The van der Waals surface area contributed by atoms with Crippen LogP contribution >= 0.6 is 7.82 Å². The van der Waals surface area contributed by atoms with E-state index >= 15 is 0 Å². The molecule has 1 heterocycles. The van der Waals surface area contributed by atoms with Crippen LogP contribution in [-0.2, 0) is 16.9 Å². The third-order valence-electron chi connectivity index (χ3n) is 1.24. The fraction of sp³-hybridized carbons (Fsp3) is 0.333. The molecule has 0 aromatic carbocycles. The number of phosphoric acid groups is 1. The topological polar surface area (TPSA) is 104 Å². The molecular weight excluding hydrogens is 309 g/mol. The molecule has 0 radical (unpaired) electrons. The highest BCUT2D eigenvalue weighted by atomic mass is 31.2. The molecule has 0 fully saturated rings. The SMILES string of the molecule is FC(F)(F)c1nccnc1C(F)(F)F.O=P(O)(O)O. The van der Waals surface area contributed by atoms with E-state index in [-0.39, 0.29) is 0 Å². The van der Waals surface area contributed by atoms with E-state index in [0.29, 0.717) is 12.4 Å². The fourth-order valence-corrected chi connectivity index (χ4v) is 0.753. The van der Waals surface area contributed by atoms with E-state index in [4.69, 9.17) is 19.2 Å². The second-order valence-corrected chi connectivity index (χ2v) is 3.79. The Morgan fingerprint density at radius 3 is 1.21 bits per heavy atom. The van der Waals surface area contributed by atoms with Gasteiger partial charge in [-0.05, 0) is 0 Å². The number of aromatic nitrogens is 2. The Labute approximate surface area is 101 Å². The van der Waals surface area contributed by atoms with Crippen LogP contribution in [0.25, 0.3) is 0 Å². The average molecular weight is 314 g/mol. The molecule has 0 unspecified atom stereocenters. The third-order valence-corrected chi connectivity index (χ3v) is 1.24. The second kappa shape index (κ2) is 5.82. The normalized spacial score (nSPS) is 12.7. The molecular formula is C6H5F6N2O4P. The van der Waals surface area contributed by atoms with Crippen LogP contribution in [0, 0.1) is 0 Å². The maximum atomic E-state index is 12.0. The molecule has 13 heteroatoms. The number of alkyl halides is 6. The molecule has 0 spiro atoms. The van der Waals surface area contributed by atoms with Gasteiger partial charge in [-0.2, -0.15) is 26.3 Å². The lowest BCUT2D eigenvalue weighted by Crippen LogP contribution is -2.19. The van der Waals surface area contributed by atoms with Crippen LogP contribution in [0.4, 0.5) is 26.3 Å². The quantitative estimate of drug-likeness (QED) is 0.496. The highest BCUT2D eigenvalue weighted by Crippen LogP contribution is 2.37. The Kier molecular flexibility index (Phi) is 5.44. The molecule has 3 N–H and O–H groups in total. The lowest BCUT2D eigenvalue weighted by molar-refractivity contribution is -0.167. The van der Waals surface area contributed by atoms with Crippen LogP contribution in [-0.4, -0.2) is 24.6 Å². The van der Waals surface area contributed by atoms with Gasteiger partial charge in [-0.1, -0.05) is 0 Å². The van der Waals surface area contributed by atoms with E-state index in [1.54, 1.807) is 0 Å². The molecule has 0 saturated heterocycles. The molecule has 0 atom stereocenters. The molecule has 0 bridgehead atoms. The summed E-state index contributed by atoms with van der Waals surface area (Å²) < 4.78 is 80.7. The van der Waals surface area contributed by atoms with Crippen molar-refractivity contribution in [2.24, 2.45) is 0 Å². The monoisotopic (exact) mass is 314 g/mol. The van der Waals surface area contributed by atoms with Gasteiger partial charge in [-0.15, -0.1) is 0 Å². The van der Waals surface area contributed by atoms with Crippen molar-refractivity contribution in [1.82, 2.24) is 9.97 Å². The summed E-state index contributed by atoms with van der Waals surface area (Å²) in [6.45, 7) is 0. The summed E-state index contributed by atoms with van der Waals surface area (Å²) in [5.41, 5.74) is -4.04. The first-order valence-corrected chi connectivity index (χ1v) is 5.53. The summed E-state index contributed by atoms with van der Waals surface area (Å²) in [5, 5.41) is 0. The van der Waals surface area contributed by atoms with Gasteiger partial charge in [-0.3, -0.25) is 0 Å². The summed E-state index contributed by atoms with van der Waals surface area (Å²) in [5.74, 6) is 0. The smallest absolute Gasteiger partial charge is 0.303 e. The average Bonchev–Trinajstić information content (AvgIpc) is 2.12. The molecule has 1 rings (SSSR count). The first-order valence-electron chi connectivity index (χ1n) is 3.96. The summed E-state index contributed by atoms with van der Waals surface area (Å²) in [7, 11) is -4.64. The van der Waals surface area contributed by atoms with Crippen LogP contribution in [0.3, 0.4) is 0 Å². The van der Waals surface area contributed by atoms with Crippen molar-refractivity contribution in [2.75, 3.05) is 0 Å². The first kappa shape index (κ1) is 17.8. The van der Waals surface area contributed by atoms with E-state index in [1.807, 2.05) is 0 Å². The molecule has 1 aromatic rings. The predicted molar refractivity (Wildman–Crippen MR) is 46.3 cm³/mol. The van der Waals surface area contributed by atoms with E-state index < -0.39 is 31.6 Å². The molecule has 0 aliphatic carbocycles. The highest BCUT2D eigenvalue weighted by molar-refractivity contribution is 7.45. The van der Waals surface area contributed by atoms with E-state index in [1.165, 1.54) is 0 Å². The molecule has 0 saturated carbocycles. The fourth-order valence-electron chi connectivity index (χ4n) is 0.753. The molecule has 19 heavy (non-hydrogen) atoms. The molecule has 1 aromatic heterocycles. The number of hydrogen-bond acceptors (Lipinski definition) is 3. The predicted octanol–water partition coefficient (Wildman–Crippen LogP) is 1.59. The van der Waals surface area contributed by atoms with E-state index in [2.05, 4.69) is 9.97 Å². The van der Waals surface area contributed by atoms with Crippen molar-refractivity contribution >= 4 is 7.82 Å². The minimum absolute atomic E-state index is 0.554. The summed E-state index contributed by atoms with van der Waals surface area (Å²) in [6, 6.07) is 0. The van der Waals surface area contributed by atoms with Crippen molar-refractivity contribution in [1.29, 1.82) is 0 Å². The molecule has 0 amide bonds. The van der Waals surface area contributed by atoms with Gasteiger partial charge in [-0.25, -0.2) is 14.5 Å². The molecule has 0 aliphatic heterocycles. The standard InChI is InChI=1S/C6H2F6N2.H3O4P/c7-5(8,9)3-4(6(10,11)12)14-2-1-13-3;1-5(2,3)4/h1-2H;(H3,1,2,3,4). The lowest BCUT2D eigenvalue weighted by atomic mass is 10.3. The van der Waals surface area contributed by atoms with Crippen molar-refractivity contribution in [3.05, 3.63) is 23.8 Å². The van der Waals surface area contributed by atoms with Crippen LogP contribution in [0.5, 0.6) is 0 Å². The summed E-state index contributed by atoms with van der Waals surface area (Å²) >= 11 is 0. The Morgan fingerprint density at radius 1 is 0.842 bits per heavy atom. The zero-order valence-electron chi connectivity index (χ0n) is 8.51. The highest BCUT2D eigenvalue weighted by Gasteiger charge is 2.45. The van der Waals surface area contributed by atoms with Crippen molar-refractivity contribution in [2.45, 2.75) is 12.4 Å². The molecule has 110 valence electrons. The Hall–Kier alpha value is -1.23. The molecule has 0 aliphatic rings. The van der Waals surface area contributed by atoms with E-state index in [9.17, 15) is 26.3 Å². The number of nitrogens with zero attached hydrogens (tertiary/aromatic N) is 2. The zero-order valence-corrected chi connectivity index (χ0v) is 9.41. The first-order chi connectivity index (χ1) is 8.23. The van der Waals surface area contributed by atoms with Gasteiger partial charge in [0.25, 0.3) is 0 Å². The van der Waals surface area contributed by atoms with Gasteiger partial charge < -0.3 is 14.7 Å². The number of hydrogen-bond donors (Lipinski definition) is 3. The lowest BCUT2D eigenvalue weighted by Gasteiger charge is -2.11. The Bertz CT molecular complexity index is 428. The van der Waals surface area contributed by atoms with Gasteiger partial charge in [0.05, 0.1) is 0 Å². The summed E-state index contributed by atoms with van der Waals surface area (Å²) in [6.07, 6.45) is -9.20. The van der Waals surface area contributed by atoms with Gasteiger partial charge >= 0.3 is 20.2 Å². The Morgan fingerprint density at radius 2 is 1.05 bits per heavy atom. The van der Waals surface area contributed by atoms with Gasteiger partial charge in [0.1, 0.15) is 0 Å².